The van der Waals surface area contributed by atoms with Gasteiger partial charge in [-0.25, -0.2) is 4.98 Å². The first-order chi connectivity index (χ1) is 7.04. The molecule has 0 unspecified atom stereocenters. The highest BCUT2D eigenvalue weighted by Gasteiger charge is 2.08. The second-order valence-corrected chi connectivity index (χ2v) is 4.24. The van der Waals surface area contributed by atoms with Crippen molar-refractivity contribution in [2.45, 2.75) is 40.3 Å². The van der Waals surface area contributed by atoms with Crippen LogP contribution >= 0.6 is 0 Å². The minimum absolute atomic E-state index is 0.411. The van der Waals surface area contributed by atoms with Gasteiger partial charge < -0.3 is 10.6 Å². The molecule has 0 aliphatic heterocycles. The number of nitrogens with one attached hydrogen (secondary N) is 2. The van der Waals surface area contributed by atoms with Crippen molar-refractivity contribution >= 4 is 5.82 Å². The summed E-state index contributed by atoms with van der Waals surface area (Å²) in [5, 5.41) is 6.57. The van der Waals surface area contributed by atoms with Crippen molar-refractivity contribution in [1.82, 2.24) is 10.3 Å². The average molecular weight is 207 g/mol. The van der Waals surface area contributed by atoms with Crippen LogP contribution < -0.4 is 10.6 Å². The van der Waals surface area contributed by atoms with Crippen LogP contribution in [0.4, 0.5) is 5.82 Å². The molecule has 0 saturated carbocycles. The van der Waals surface area contributed by atoms with E-state index in [0.717, 1.165) is 18.1 Å². The third kappa shape index (κ3) is 3.20. The lowest BCUT2D eigenvalue weighted by Gasteiger charge is -2.16. The number of aryl methyl sites for hydroxylation is 2. The van der Waals surface area contributed by atoms with E-state index in [1.807, 2.05) is 14.0 Å². The lowest BCUT2D eigenvalue weighted by atomic mass is 10.1. The van der Waals surface area contributed by atoms with Gasteiger partial charge in [-0.05, 0) is 46.4 Å². The van der Waals surface area contributed by atoms with E-state index in [1.165, 1.54) is 11.1 Å². The van der Waals surface area contributed by atoms with Crippen molar-refractivity contribution in [2.75, 3.05) is 12.4 Å². The van der Waals surface area contributed by atoms with Crippen molar-refractivity contribution in [3.8, 4) is 0 Å². The van der Waals surface area contributed by atoms with Gasteiger partial charge in [0.2, 0.25) is 0 Å². The predicted molar refractivity (Wildman–Crippen MR) is 65.2 cm³/mol. The van der Waals surface area contributed by atoms with Crippen LogP contribution in [0.1, 0.15) is 30.7 Å². The molecule has 1 aromatic heterocycles. The van der Waals surface area contributed by atoms with Crippen LogP contribution in [0.3, 0.4) is 0 Å². The highest BCUT2D eigenvalue weighted by molar-refractivity contribution is 5.49. The highest BCUT2D eigenvalue weighted by atomic mass is 15.0. The molecule has 1 aromatic rings. The van der Waals surface area contributed by atoms with E-state index in [-0.39, 0.29) is 0 Å². The SMILES string of the molecule is CNCc1c(C)cc(C)nc1NC(C)C. The Labute approximate surface area is 92.3 Å². The summed E-state index contributed by atoms with van der Waals surface area (Å²) in [6.45, 7) is 9.27. The summed E-state index contributed by atoms with van der Waals surface area (Å²) in [7, 11) is 1.96. The fourth-order valence-corrected chi connectivity index (χ4v) is 1.66. The van der Waals surface area contributed by atoms with Crippen LogP contribution in [-0.2, 0) is 6.54 Å². The smallest absolute Gasteiger partial charge is 0.131 e. The first-order valence-corrected chi connectivity index (χ1v) is 5.43. The summed E-state index contributed by atoms with van der Waals surface area (Å²) in [6.07, 6.45) is 0. The monoisotopic (exact) mass is 207 g/mol. The Kier molecular flexibility index (Phi) is 4.09. The zero-order valence-electron chi connectivity index (χ0n) is 10.3. The number of hydrogen-bond donors (Lipinski definition) is 2. The Hall–Kier alpha value is -1.09. The molecular weight excluding hydrogens is 186 g/mol. The Morgan fingerprint density at radius 3 is 2.53 bits per heavy atom. The van der Waals surface area contributed by atoms with Crippen LogP contribution in [0, 0.1) is 13.8 Å². The maximum atomic E-state index is 4.54. The zero-order chi connectivity index (χ0) is 11.4. The number of aromatic nitrogens is 1. The van der Waals surface area contributed by atoms with E-state index >= 15 is 0 Å². The normalized spacial score (nSPS) is 10.8. The molecule has 0 atom stereocenters. The molecule has 3 nitrogen and oxygen atoms in total. The first-order valence-electron chi connectivity index (χ1n) is 5.43. The Balaban J connectivity index is 3.08. The van der Waals surface area contributed by atoms with Gasteiger partial charge in [-0.15, -0.1) is 0 Å². The van der Waals surface area contributed by atoms with Gasteiger partial charge >= 0.3 is 0 Å². The third-order valence-electron chi connectivity index (χ3n) is 2.25. The van der Waals surface area contributed by atoms with Crippen molar-refractivity contribution in [2.24, 2.45) is 0 Å². The molecule has 0 saturated heterocycles. The largest absolute Gasteiger partial charge is 0.368 e. The Morgan fingerprint density at radius 2 is 2.00 bits per heavy atom. The topological polar surface area (TPSA) is 37.0 Å². The van der Waals surface area contributed by atoms with Gasteiger partial charge in [-0.2, -0.15) is 0 Å². The van der Waals surface area contributed by atoms with Gasteiger partial charge in [0.1, 0.15) is 5.82 Å². The minimum Gasteiger partial charge on any atom is -0.368 e. The predicted octanol–water partition coefficient (Wildman–Crippen LogP) is 2.24. The summed E-state index contributed by atoms with van der Waals surface area (Å²) in [5.41, 5.74) is 3.62. The number of hydrogen-bond acceptors (Lipinski definition) is 3. The second-order valence-electron chi connectivity index (χ2n) is 4.24. The molecule has 0 bridgehead atoms. The van der Waals surface area contributed by atoms with Crippen LogP contribution in [0.2, 0.25) is 0 Å². The summed E-state index contributed by atoms with van der Waals surface area (Å²) in [5.74, 6) is 1.01. The van der Waals surface area contributed by atoms with Gasteiger partial charge in [-0.1, -0.05) is 0 Å². The molecule has 0 aliphatic rings. The fourth-order valence-electron chi connectivity index (χ4n) is 1.66. The lowest BCUT2D eigenvalue weighted by molar-refractivity contribution is 0.797. The number of nitrogens with zero attached hydrogens (tertiary/aromatic N) is 1. The lowest BCUT2D eigenvalue weighted by Crippen LogP contribution is -2.17. The van der Waals surface area contributed by atoms with Crippen molar-refractivity contribution in [3.05, 3.63) is 22.9 Å². The van der Waals surface area contributed by atoms with Crippen molar-refractivity contribution < 1.29 is 0 Å². The summed E-state index contributed by atoms with van der Waals surface area (Å²) in [4.78, 5) is 4.54. The van der Waals surface area contributed by atoms with Gasteiger partial charge in [0.05, 0.1) is 0 Å². The molecule has 1 rings (SSSR count). The molecule has 0 fully saturated rings. The first kappa shape index (κ1) is 12.0. The molecular formula is C12H21N3. The quantitative estimate of drug-likeness (QED) is 0.795. The molecule has 2 N–H and O–H groups in total. The summed E-state index contributed by atoms with van der Waals surface area (Å²) in [6, 6.07) is 2.53. The highest BCUT2D eigenvalue weighted by Crippen LogP contribution is 2.19. The van der Waals surface area contributed by atoms with E-state index in [4.69, 9.17) is 0 Å². The van der Waals surface area contributed by atoms with Crippen LogP contribution in [-0.4, -0.2) is 18.1 Å². The average Bonchev–Trinajstić information content (AvgIpc) is 2.10. The molecule has 3 heteroatoms. The maximum absolute atomic E-state index is 4.54. The molecule has 0 aliphatic carbocycles. The molecule has 0 radical (unpaired) electrons. The molecule has 0 spiro atoms. The summed E-state index contributed by atoms with van der Waals surface area (Å²) < 4.78 is 0. The minimum atomic E-state index is 0.411. The van der Waals surface area contributed by atoms with Gasteiger partial charge in [0.15, 0.2) is 0 Å². The van der Waals surface area contributed by atoms with Crippen LogP contribution in [0.5, 0.6) is 0 Å². The number of anilines is 1. The van der Waals surface area contributed by atoms with E-state index in [9.17, 15) is 0 Å². The van der Waals surface area contributed by atoms with Gasteiger partial charge in [0, 0.05) is 23.8 Å². The molecule has 1 heterocycles. The zero-order valence-corrected chi connectivity index (χ0v) is 10.3. The van der Waals surface area contributed by atoms with Gasteiger partial charge in [0.25, 0.3) is 0 Å². The fraction of sp³-hybridized carbons (Fsp3) is 0.583. The number of rotatable bonds is 4. The molecule has 0 amide bonds. The van der Waals surface area contributed by atoms with Crippen molar-refractivity contribution in [1.29, 1.82) is 0 Å². The molecule has 84 valence electrons. The number of pyridine rings is 1. The summed E-state index contributed by atoms with van der Waals surface area (Å²) >= 11 is 0. The van der Waals surface area contributed by atoms with E-state index in [0.29, 0.717) is 6.04 Å². The second kappa shape index (κ2) is 5.12. The maximum Gasteiger partial charge on any atom is 0.131 e. The van der Waals surface area contributed by atoms with Gasteiger partial charge in [-0.3, -0.25) is 0 Å². The van der Waals surface area contributed by atoms with Crippen molar-refractivity contribution in [3.63, 3.8) is 0 Å². The Bertz CT molecular complexity index is 332. The molecule has 15 heavy (non-hydrogen) atoms. The van der Waals surface area contributed by atoms with E-state index in [2.05, 4.69) is 42.5 Å². The van der Waals surface area contributed by atoms with Crippen LogP contribution in [0.25, 0.3) is 0 Å². The Morgan fingerprint density at radius 1 is 1.33 bits per heavy atom. The molecule has 0 aromatic carbocycles. The van der Waals surface area contributed by atoms with Crippen LogP contribution in [0.15, 0.2) is 6.07 Å². The van der Waals surface area contributed by atoms with E-state index in [1.54, 1.807) is 0 Å². The third-order valence-corrected chi connectivity index (χ3v) is 2.25. The standard InChI is InChI=1S/C12H21N3/c1-8(2)14-12-11(7-13-5)9(3)6-10(4)15-12/h6,8,13H,7H2,1-5H3,(H,14,15). The van der Waals surface area contributed by atoms with E-state index < -0.39 is 0 Å².